The third-order valence-electron chi connectivity index (χ3n) is 7.67. The fourth-order valence-electron chi connectivity index (χ4n) is 5.19. The predicted molar refractivity (Wildman–Crippen MR) is 169 cm³/mol. The number of fused-ring (bicyclic) bond motifs is 1. The zero-order chi connectivity index (χ0) is 31.1. The number of para-hydroxylation sites is 1. The maximum Gasteiger partial charge on any atom is 0.254 e. The van der Waals surface area contributed by atoms with Gasteiger partial charge in [-0.05, 0) is 60.4 Å². The van der Waals surface area contributed by atoms with Crippen LogP contribution in [0.5, 0.6) is 11.5 Å². The van der Waals surface area contributed by atoms with Gasteiger partial charge in [0.1, 0.15) is 23.9 Å². The summed E-state index contributed by atoms with van der Waals surface area (Å²) in [6.07, 6.45) is 2.63. The fraction of sp³-hybridized carbons (Fsp3) is 0.222. The number of amides is 2. The van der Waals surface area contributed by atoms with Gasteiger partial charge in [-0.3, -0.25) is 9.59 Å². The van der Waals surface area contributed by atoms with Crippen molar-refractivity contribution in [2.75, 3.05) is 27.3 Å². The lowest BCUT2D eigenvalue weighted by Gasteiger charge is -2.28. The van der Waals surface area contributed by atoms with Gasteiger partial charge < -0.3 is 24.3 Å². The number of benzene rings is 4. The van der Waals surface area contributed by atoms with Crippen molar-refractivity contribution >= 4 is 22.7 Å². The molecule has 0 saturated heterocycles. The SMILES string of the molecule is COc1cc(OC)cc(C(=O)N(CC(=O)N(CCc2c[nH]c3ccccc23)Cc2ccc(C)cc2)Cc2ccc(F)cc2)c1. The van der Waals surface area contributed by atoms with E-state index in [0.717, 1.165) is 27.6 Å². The van der Waals surface area contributed by atoms with E-state index in [-0.39, 0.29) is 30.7 Å². The lowest BCUT2D eigenvalue weighted by molar-refractivity contribution is -0.132. The van der Waals surface area contributed by atoms with Gasteiger partial charge in [0.15, 0.2) is 0 Å². The molecule has 0 atom stereocenters. The lowest BCUT2D eigenvalue weighted by atomic mass is 10.1. The highest BCUT2D eigenvalue weighted by Gasteiger charge is 2.24. The molecule has 44 heavy (non-hydrogen) atoms. The summed E-state index contributed by atoms with van der Waals surface area (Å²) in [6.45, 7) is 2.82. The second-order valence-electron chi connectivity index (χ2n) is 10.8. The first-order valence-corrected chi connectivity index (χ1v) is 14.5. The Morgan fingerprint density at radius 3 is 2.07 bits per heavy atom. The van der Waals surface area contributed by atoms with E-state index in [9.17, 15) is 14.0 Å². The van der Waals surface area contributed by atoms with E-state index in [1.54, 1.807) is 35.2 Å². The number of H-pyrrole nitrogens is 1. The number of methoxy groups -OCH3 is 2. The van der Waals surface area contributed by atoms with Crippen molar-refractivity contribution in [2.24, 2.45) is 0 Å². The minimum atomic E-state index is -0.373. The highest BCUT2D eigenvalue weighted by atomic mass is 19.1. The molecule has 0 aliphatic heterocycles. The Labute approximate surface area is 256 Å². The Morgan fingerprint density at radius 1 is 0.795 bits per heavy atom. The van der Waals surface area contributed by atoms with Gasteiger partial charge in [0.2, 0.25) is 5.91 Å². The molecule has 226 valence electrons. The number of hydrogen-bond acceptors (Lipinski definition) is 4. The topological polar surface area (TPSA) is 74.9 Å². The van der Waals surface area contributed by atoms with Crippen molar-refractivity contribution in [1.82, 2.24) is 14.8 Å². The Morgan fingerprint density at radius 2 is 1.41 bits per heavy atom. The molecule has 2 amide bonds. The van der Waals surface area contributed by atoms with Crippen LogP contribution in [0.4, 0.5) is 4.39 Å². The van der Waals surface area contributed by atoms with Crippen molar-refractivity contribution in [3.63, 3.8) is 0 Å². The zero-order valence-electron chi connectivity index (χ0n) is 25.2. The molecule has 5 rings (SSSR count). The van der Waals surface area contributed by atoms with E-state index >= 15 is 0 Å². The van der Waals surface area contributed by atoms with Gasteiger partial charge in [-0.25, -0.2) is 4.39 Å². The first kappa shape index (κ1) is 30.4. The number of halogens is 1. The van der Waals surface area contributed by atoms with Crippen molar-refractivity contribution in [3.05, 3.63) is 131 Å². The molecular weight excluding hydrogens is 557 g/mol. The van der Waals surface area contributed by atoms with Gasteiger partial charge in [-0.1, -0.05) is 60.2 Å². The molecule has 8 heteroatoms. The highest BCUT2D eigenvalue weighted by molar-refractivity contribution is 5.97. The molecule has 0 unspecified atom stereocenters. The van der Waals surface area contributed by atoms with Crippen LogP contribution < -0.4 is 9.47 Å². The van der Waals surface area contributed by atoms with Crippen molar-refractivity contribution < 1.29 is 23.5 Å². The number of nitrogens with one attached hydrogen (secondary N) is 1. The number of carbonyl (C=O) groups is 2. The Balaban J connectivity index is 1.43. The van der Waals surface area contributed by atoms with Crippen LogP contribution in [0.15, 0.2) is 97.2 Å². The number of rotatable bonds is 12. The van der Waals surface area contributed by atoms with E-state index in [0.29, 0.717) is 42.1 Å². The molecule has 1 N–H and O–H groups in total. The summed E-state index contributed by atoms with van der Waals surface area (Å²) in [5, 5.41) is 1.12. The maximum atomic E-state index is 14.1. The third kappa shape index (κ3) is 7.45. The normalized spacial score (nSPS) is 10.9. The zero-order valence-corrected chi connectivity index (χ0v) is 25.2. The van der Waals surface area contributed by atoms with Crippen LogP contribution >= 0.6 is 0 Å². The van der Waals surface area contributed by atoms with Crippen molar-refractivity contribution in [1.29, 1.82) is 0 Å². The largest absolute Gasteiger partial charge is 0.497 e. The minimum Gasteiger partial charge on any atom is -0.497 e. The minimum absolute atomic E-state index is 0.116. The lowest BCUT2D eigenvalue weighted by Crippen LogP contribution is -2.43. The molecule has 7 nitrogen and oxygen atoms in total. The van der Waals surface area contributed by atoms with Crippen LogP contribution in [0.3, 0.4) is 0 Å². The summed E-state index contributed by atoms with van der Waals surface area (Å²) in [5.74, 6) is -0.0229. The second kappa shape index (κ2) is 13.9. The molecule has 0 fully saturated rings. The van der Waals surface area contributed by atoms with Crippen molar-refractivity contribution in [3.8, 4) is 11.5 Å². The first-order chi connectivity index (χ1) is 21.3. The molecule has 0 saturated carbocycles. The van der Waals surface area contributed by atoms with E-state index in [4.69, 9.17) is 9.47 Å². The second-order valence-corrected chi connectivity index (χ2v) is 10.8. The molecule has 0 spiro atoms. The van der Waals surface area contributed by atoms with E-state index in [1.807, 2.05) is 55.6 Å². The molecule has 4 aromatic carbocycles. The molecule has 0 radical (unpaired) electrons. The number of carbonyl (C=O) groups excluding carboxylic acids is 2. The number of hydrogen-bond donors (Lipinski definition) is 1. The number of aromatic amines is 1. The van der Waals surface area contributed by atoms with E-state index < -0.39 is 0 Å². The van der Waals surface area contributed by atoms with Crippen LogP contribution in [0.2, 0.25) is 0 Å². The van der Waals surface area contributed by atoms with Crippen LogP contribution in [0.25, 0.3) is 10.9 Å². The molecule has 1 heterocycles. The van der Waals surface area contributed by atoms with Gasteiger partial charge in [0.05, 0.1) is 14.2 Å². The number of aromatic nitrogens is 1. The van der Waals surface area contributed by atoms with Gasteiger partial charge in [0.25, 0.3) is 5.91 Å². The fourth-order valence-corrected chi connectivity index (χ4v) is 5.19. The predicted octanol–water partition coefficient (Wildman–Crippen LogP) is 6.55. The Hall–Kier alpha value is -5.11. The van der Waals surface area contributed by atoms with Crippen LogP contribution in [-0.4, -0.2) is 53.9 Å². The molecule has 0 aliphatic carbocycles. The molecule has 0 bridgehead atoms. The summed E-state index contributed by atoms with van der Waals surface area (Å²) < 4.78 is 24.5. The van der Waals surface area contributed by atoms with E-state index in [2.05, 4.69) is 11.1 Å². The number of aryl methyl sites for hydroxylation is 1. The van der Waals surface area contributed by atoms with Gasteiger partial charge >= 0.3 is 0 Å². The summed E-state index contributed by atoms with van der Waals surface area (Å²) in [4.78, 5) is 34.6. The summed E-state index contributed by atoms with van der Waals surface area (Å²) in [7, 11) is 3.03. The monoisotopic (exact) mass is 593 g/mol. The standard InChI is InChI=1S/C36H36FN3O4/c1-25-8-10-26(11-9-25)22-39(17-16-28-21-38-34-7-5-4-6-33(28)34)35(41)24-40(23-27-12-14-30(37)15-13-27)36(42)29-18-31(43-2)20-32(19-29)44-3/h4-15,18-21,38H,16-17,22-24H2,1-3H3. The summed E-state index contributed by atoms with van der Waals surface area (Å²) in [6, 6.07) is 27.0. The van der Waals surface area contributed by atoms with Gasteiger partial charge in [0, 0.05) is 48.4 Å². The van der Waals surface area contributed by atoms with Crippen LogP contribution in [0, 0.1) is 12.7 Å². The molecular formula is C36H36FN3O4. The highest BCUT2D eigenvalue weighted by Crippen LogP contribution is 2.25. The molecule has 0 aliphatic rings. The molecule has 1 aromatic heterocycles. The summed E-state index contributed by atoms with van der Waals surface area (Å²) in [5.41, 5.74) is 5.31. The average Bonchev–Trinajstić information content (AvgIpc) is 3.47. The smallest absolute Gasteiger partial charge is 0.254 e. The quantitative estimate of drug-likeness (QED) is 0.178. The maximum absolute atomic E-state index is 14.1. The Kier molecular flexibility index (Phi) is 9.59. The number of ether oxygens (including phenoxy) is 2. The van der Waals surface area contributed by atoms with Crippen LogP contribution in [-0.2, 0) is 24.3 Å². The van der Waals surface area contributed by atoms with Crippen LogP contribution in [0.1, 0.15) is 32.6 Å². The Bertz CT molecular complexity index is 1710. The first-order valence-electron chi connectivity index (χ1n) is 14.5. The average molecular weight is 594 g/mol. The summed E-state index contributed by atoms with van der Waals surface area (Å²) >= 11 is 0. The van der Waals surface area contributed by atoms with E-state index in [1.165, 1.54) is 31.3 Å². The van der Waals surface area contributed by atoms with Gasteiger partial charge in [-0.2, -0.15) is 0 Å². The van der Waals surface area contributed by atoms with Gasteiger partial charge in [-0.15, -0.1) is 0 Å². The third-order valence-corrected chi connectivity index (χ3v) is 7.67. The molecule has 5 aromatic rings. The number of nitrogens with zero attached hydrogens (tertiary/aromatic N) is 2. The van der Waals surface area contributed by atoms with Crippen molar-refractivity contribution in [2.45, 2.75) is 26.4 Å².